The van der Waals surface area contributed by atoms with Crippen LogP contribution in [0.1, 0.15) is 22.8 Å². The van der Waals surface area contributed by atoms with Gasteiger partial charge in [-0.2, -0.15) is 0 Å². The van der Waals surface area contributed by atoms with Crippen LogP contribution < -0.4 is 9.47 Å². The van der Waals surface area contributed by atoms with Gasteiger partial charge in [-0.25, -0.2) is 9.59 Å². The van der Waals surface area contributed by atoms with Crippen molar-refractivity contribution in [1.82, 2.24) is 0 Å². The number of halogens is 1. The van der Waals surface area contributed by atoms with Crippen LogP contribution in [0.2, 0.25) is 0 Å². The summed E-state index contributed by atoms with van der Waals surface area (Å²) in [7, 11) is 0. The minimum atomic E-state index is -1.17. The van der Waals surface area contributed by atoms with Crippen LogP contribution >= 0.6 is 15.9 Å². The normalized spacial score (nSPS) is 10.6. The Hall–Kier alpha value is -2.60. The summed E-state index contributed by atoms with van der Waals surface area (Å²) in [6.07, 6.45) is 2.82. The molecule has 0 unspecified atom stereocenters. The van der Waals surface area contributed by atoms with Gasteiger partial charge in [-0.1, -0.05) is 28.1 Å². The molecule has 0 spiro atoms. The molecule has 0 heterocycles. The van der Waals surface area contributed by atoms with Crippen LogP contribution in [0.15, 0.2) is 53.0 Å². The van der Waals surface area contributed by atoms with E-state index < -0.39 is 11.9 Å². The smallest absolute Gasteiger partial charge is 0.339 e. The van der Waals surface area contributed by atoms with Gasteiger partial charge in [0.1, 0.15) is 17.1 Å². The van der Waals surface area contributed by atoms with E-state index in [-0.39, 0.29) is 11.3 Å². The predicted octanol–water partition coefficient (Wildman–Crippen LogP) is 4.16. The van der Waals surface area contributed by atoms with E-state index in [2.05, 4.69) is 15.9 Å². The van der Waals surface area contributed by atoms with E-state index in [1.165, 1.54) is 18.2 Å². The third kappa shape index (κ3) is 4.96. The molecule has 0 bridgehead atoms. The average Bonchev–Trinajstić information content (AvgIpc) is 2.56. The number of carboxylic acids is 1. The molecule has 2 aromatic carbocycles. The Morgan fingerprint density at radius 3 is 2.50 bits per heavy atom. The van der Waals surface area contributed by atoms with Gasteiger partial charge in [0, 0.05) is 10.5 Å². The fraction of sp³-hybridized carbons (Fsp3) is 0.111. The molecule has 0 aliphatic rings. The first-order valence-electron chi connectivity index (χ1n) is 7.15. The lowest BCUT2D eigenvalue weighted by atomic mass is 10.2. The molecule has 0 saturated heterocycles. The van der Waals surface area contributed by atoms with Gasteiger partial charge in [0.15, 0.2) is 0 Å². The summed E-state index contributed by atoms with van der Waals surface area (Å²) in [6, 6.07) is 11.6. The number of carbonyl (C=O) groups is 2. The van der Waals surface area contributed by atoms with Gasteiger partial charge < -0.3 is 14.6 Å². The molecule has 5 nitrogen and oxygen atoms in total. The SMILES string of the molecule is CCOc1ccc(/C=C/C(=O)Oc2ccc(Br)cc2C(=O)O)cc1. The van der Waals surface area contributed by atoms with Crippen LogP contribution in [0.4, 0.5) is 0 Å². The van der Waals surface area contributed by atoms with E-state index in [9.17, 15) is 9.59 Å². The second-order valence-corrected chi connectivity index (χ2v) is 5.62. The average molecular weight is 391 g/mol. The minimum absolute atomic E-state index is 0.00737. The summed E-state index contributed by atoms with van der Waals surface area (Å²) in [6.45, 7) is 2.48. The molecule has 0 saturated carbocycles. The fourth-order valence-electron chi connectivity index (χ4n) is 1.91. The molecule has 124 valence electrons. The number of aromatic carboxylic acids is 1. The lowest BCUT2D eigenvalue weighted by Gasteiger charge is -2.06. The highest BCUT2D eigenvalue weighted by Crippen LogP contribution is 2.23. The number of hydrogen-bond donors (Lipinski definition) is 1. The van der Waals surface area contributed by atoms with Crippen molar-refractivity contribution in [3.63, 3.8) is 0 Å². The van der Waals surface area contributed by atoms with Gasteiger partial charge in [0.25, 0.3) is 0 Å². The van der Waals surface area contributed by atoms with Crippen LogP contribution in [-0.4, -0.2) is 23.7 Å². The van der Waals surface area contributed by atoms with Crippen LogP contribution in [0.25, 0.3) is 6.08 Å². The topological polar surface area (TPSA) is 72.8 Å². The summed E-state index contributed by atoms with van der Waals surface area (Å²) in [5.74, 6) is -1.09. The summed E-state index contributed by atoms with van der Waals surface area (Å²) in [5.41, 5.74) is 0.705. The van der Waals surface area contributed by atoms with Gasteiger partial charge in [0.2, 0.25) is 0 Å². The van der Waals surface area contributed by atoms with Crippen molar-refractivity contribution in [1.29, 1.82) is 0 Å². The molecule has 0 amide bonds. The molecule has 0 atom stereocenters. The van der Waals surface area contributed by atoms with Gasteiger partial charge >= 0.3 is 11.9 Å². The Morgan fingerprint density at radius 2 is 1.88 bits per heavy atom. The molecule has 0 aliphatic heterocycles. The van der Waals surface area contributed by atoms with Crippen LogP contribution in [0, 0.1) is 0 Å². The quantitative estimate of drug-likeness (QED) is 0.455. The van der Waals surface area contributed by atoms with Crippen molar-refractivity contribution in [2.45, 2.75) is 6.92 Å². The predicted molar refractivity (Wildman–Crippen MR) is 93.4 cm³/mol. The third-order valence-electron chi connectivity index (χ3n) is 2.99. The van der Waals surface area contributed by atoms with E-state index in [4.69, 9.17) is 14.6 Å². The largest absolute Gasteiger partial charge is 0.494 e. The maximum atomic E-state index is 11.9. The van der Waals surface area contributed by atoms with E-state index in [0.717, 1.165) is 11.3 Å². The summed E-state index contributed by atoms with van der Waals surface area (Å²) >= 11 is 3.18. The Morgan fingerprint density at radius 1 is 1.17 bits per heavy atom. The van der Waals surface area contributed by atoms with E-state index in [1.54, 1.807) is 36.4 Å². The van der Waals surface area contributed by atoms with Crippen molar-refractivity contribution < 1.29 is 24.2 Å². The van der Waals surface area contributed by atoms with Crippen molar-refractivity contribution >= 4 is 33.9 Å². The number of rotatable bonds is 6. The lowest BCUT2D eigenvalue weighted by Crippen LogP contribution is -2.08. The number of hydrogen-bond acceptors (Lipinski definition) is 4. The number of esters is 1. The second kappa shape index (κ2) is 8.31. The minimum Gasteiger partial charge on any atom is -0.494 e. The van der Waals surface area contributed by atoms with Gasteiger partial charge in [0.05, 0.1) is 6.61 Å². The van der Waals surface area contributed by atoms with Gasteiger partial charge in [-0.05, 0) is 48.9 Å². The molecule has 0 aromatic heterocycles. The molecule has 0 radical (unpaired) electrons. The highest BCUT2D eigenvalue weighted by atomic mass is 79.9. The number of ether oxygens (including phenoxy) is 2. The molecular weight excluding hydrogens is 376 g/mol. The van der Waals surface area contributed by atoms with E-state index in [0.29, 0.717) is 11.1 Å². The molecule has 0 fully saturated rings. The molecule has 6 heteroatoms. The van der Waals surface area contributed by atoms with Crippen LogP contribution in [-0.2, 0) is 4.79 Å². The standard InChI is InChI=1S/C18H15BrO5/c1-2-23-14-7-3-12(4-8-14)5-10-17(20)24-16-9-6-13(19)11-15(16)18(21)22/h3-11H,2H2,1H3,(H,21,22)/b10-5+. The highest BCUT2D eigenvalue weighted by molar-refractivity contribution is 9.10. The Labute approximate surface area is 147 Å². The molecule has 1 N–H and O–H groups in total. The number of carbonyl (C=O) groups excluding carboxylic acids is 1. The zero-order valence-corrected chi connectivity index (χ0v) is 14.4. The molecule has 24 heavy (non-hydrogen) atoms. The summed E-state index contributed by atoms with van der Waals surface area (Å²) in [4.78, 5) is 23.1. The van der Waals surface area contributed by atoms with Gasteiger partial charge in [-0.15, -0.1) is 0 Å². The second-order valence-electron chi connectivity index (χ2n) is 4.70. The van der Waals surface area contributed by atoms with Crippen molar-refractivity contribution in [3.8, 4) is 11.5 Å². The van der Waals surface area contributed by atoms with E-state index >= 15 is 0 Å². The first-order valence-corrected chi connectivity index (χ1v) is 7.94. The Bertz CT molecular complexity index is 765. The molecule has 2 aromatic rings. The monoisotopic (exact) mass is 390 g/mol. The summed E-state index contributed by atoms with van der Waals surface area (Å²) in [5, 5.41) is 9.14. The fourth-order valence-corrected chi connectivity index (χ4v) is 2.27. The summed E-state index contributed by atoms with van der Waals surface area (Å²) < 4.78 is 11.0. The zero-order valence-electron chi connectivity index (χ0n) is 12.9. The molecular formula is C18H15BrO5. The Balaban J connectivity index is 2.06. The number of benzene rings is 2. The maximum absolute atomic E-state index is 11.9. The van der Waals surface area contributed by atoms with Crippen LogP contribution in [0.3, 0.4) is 0 Å². The van der Waals surface area contributed by atoms with Crippen molar-refractivity contribution in [2.24, 2.45) is 0 Å². The Kier molecular flexibility index (Phi) is 6.14. The maximum Gasteiger partial charge on any atom is 0.339 e. The van der Waals surface area contributed by atoms with Gasteiger partial charge in [-0.3, -0.25) is 0 Å². The van der Waals surface area contributed by atoms with Crippen LogP contribution in [0.5, 0.6) is 11.5 Å². The van der Waals surface area contributed by atoms with Crippen molar-refractivity contribution in [3.05, 3.63) is 64.1 Å². The zero-order chi connectivity index (χ0) is 17.5. The third-order valence-corrected chi connectivity index (χ3v) is 3.48. The van der Waals surface area contributed by atoms with E-state index in [1.807, 2.05) is 6.92 Å². The van der Waals surface area contributed by atoms with Crippen molar-refractivity contribution in [2.75, 3.05) is 6.61 Å². The molecule has 0 aliphatic carbocycles. The lowest BCUT2D eigenvalue weighted by molar-refractivity contribution is -0.128. The first-order chi connectivity index (χ1) is 11.5. The number of carboxylic acid groups (broad SMARTS) is 1. The molecule has 2 rings (SSSR count). The first kappa shape index (κ1) is 17.7. The highest BCUT2D eigenvalue weighted by Gasteiger charge is 2.14.